The number of hydrogen-bond acceptors (Lipinski definition) is 3. The van der Waals surface area contributed by atoms with Crippen molar-refractivity contribution in [3.8, 4) is 0 Å². The third kappa shape index (κ3) is 6.45. The highest BCUT2D eigenvalue weighted by molar-refractivity contribution is 5.74. The number of benzene rings is 1. The van der Waals surface area contributed by atoms with E-state index in [4.69, 9.17) is 4.74 Å². The first-order valence-corrected chi connectivity index (χ1v) is 8.08. The molecule has 1 saturated carbocycles. The smallest absolute Gasteiger partial charge is 0.315 e. The van der Waals surface area contributed by atoms with E-state index in [1.807, 2.05) is 18.2 Å². The van der Waals surface area contributed by atoms with Gasteiger partial charge in [-0.2, -0.15) is 0 Å². The predicted molar refractivity (Wildman–Crippen MR) is 85.8 cm³/mol. The molecule has 1 aromatic carbocycles. The molecular weight excluding hydrogens is 280 g/mol. The van der Waals surface area contributed by atoms with Gasteiger partial charge in [0.1, 0.15) is 0 Å². The average molecular weight is 306 g/mol. The molecule has 5 nitrogen and oxygen atoms in total. The van der Waals surface area contributed by atoms with Crippen molar-refractivity contribution in [3.05, 3.63) is 35.9 Å². The van der Waals surface area contributed by atoms with Crippen LogP contribution in [0.2, 0.25) is 0 Å². The number of nitrogens with one attached hydrogen (secondary N) is 2. The second-order valence-electron chi connectivity index (χ2n) is 5.75. The molecule has 2 rings (SSSR count). The number of carbonyl (C=O) groups excluding carboxylic acids is 1. The van der Waals surface area contributed by atoms with E-state index >= 15 is 0 Å². The molecule has 3 N–H and O–H groups in total. The first kappa shape index (κ1) is 16.8. The van der Waals surface area contributed by atoms with Crippen LogP contribution in [0, 0.1) is 0 Å². The minimum Gasteiger partial charge on any atom is -0.393 e. The van der Waals surface area contributed by atoms with Crippen LogP contribution >= 0.6 is 0 Å². The number of aliphatic hydroxyl groups is 1. The van der Waals surface area contributed by atoms with Crippen molar-refractivity contribution in [2.45, 2.75) is 44.2 Å². The summed E-state index contributed by atoms with van der Waals surface area (Å²) in [6, 6.07) is 10.2. The molecule has 22 heavy (non-hydrogen) atoms. The number of aliphatic hydroxyl groups excluding tert-OH is 1. The molecule has 0 spiro atoms. The van der Waals surface area contributed by atoms with Crippen molar-refractivity contribution in [2.75, 3.05) is 19.8 Å². The Morgan fingerprint density at radius 2 is 1.86 bits per heavy atom. The van der Waals surface area contributed by atoms with Crippen LogP contribution in [0.4, 0.5) is 4.79 Å². The number of hydrogen-bond donors (Lipinski definition) is 3. The summed E-state index contributed by atoms with van der Waals surface area (Å²) in [4.78, 5) is 11.7. The van der Waals surface area contributed by atoms with E-state index in [-0.39, 0.29) is 18.2 Å². The summed E-state index contributed by atoms with van der Waals surface area (Å²) >= 11 is 0. The van der Waals surface area contributed by atoms with Gasteiger partial charge in [-0.3, -0.25) is 0 Å². The standard InChI is InChI=1S/C17H26N2O3/c20-16-8-6-15(7-9-16)19-17(21)18-11-13-22-12-10-14-4-2-1-3-5-14/h1-5,15-16,20H,6-13H2,(H2,18,19,21). The van der Waals surface area contributed by atoms with Crippen LogP contribution in [0.5, 0.6) is 0 Å². The molecule has 1 aliphatic rings. The van der Waals surface area contributed by atoms with Crippen molar-refractivity contribution in [1.82, 2.24) is 10.6 Å². The molecule has 0 radical (unpaired) electrons. The van der Waals surface area contributed by atoms with Gasteiger partial charge in [0.05, 0.1) is 19.3 Å². The van der Waals surface area contributed by atoms with Gasteiger partial charge in [-0.25, -0.2) is 4.79 Å². The Morgan fingerprint density at radius 3 is 2.59 bits per heavy atom. The molecule has 1 aliphatic carbocycles. The molecule has 0 bridgehead atoms. The number of urea groups is 1. The molecule has 0 aliphatic heterocycles. The summed E-state index contributed by atoms with van der Waals surface area (Å²) in [5.74, 6) is 0. The van der Waals surface area contributed by atoms with E-state index in [0.29, 0.717) is 19.8 Å². The zero-order valence-electron chi connectivity index (χ0n) is 13.0. The first-order valence-electron chi connectivity index (χ1n) is 8.08. The maximum Gasteiger partial charge on any atom is 0.315 e. The molecule has 5 heteroatoms. The Labute approximate surface area is 132 Å². The summed E-state index contributed by atoms with van der Waals surface area (Å²) in [7, 11) is 0. The Bertz CT molecular complexity index is 431. The van der Waals surface area contributed by atoms with Gasteiger partial charge in [-0.05, 0) is 37.7 Å². The summed E-state index contributed by atoms with van der Waals surface area (Å²) in [6.07, 6.45) is 3.93. The SMILES string of the molecule is O=C(NCCOCCc1ccccc1)NC1CCC(O)CC1. The van der Waals surface area contributed by atoms with E-state index in [2.05, 4.69) is 22.8 Å². The highest BCUT2D eigenvalue weighted by atomic mass is 16.5. The molecule has 0 unspecified atom stereocenters. The topological polar surface area (TPSA) is 70.6 Å². The summed E-state index contributed by atoms with van der Waals surface area (Å²) in [5.41, 5.74) is 1.26. The quantitative estimate of drug-likeness (QED) is 0.673. The zero-order valence-corrected chi connectivity index (χ0v) is 13.0. The monoisotopic (exact) mass is 306 g/mol. The van der Waals surface area contributed by atoms with Crippen LogP contribution in [0.25, 0.3) is 0 Å². The fraction of sp³-hybridized carbons (Fsp3) is 0.588. The molecule has 0 heterocycles. The van der Waals surface area contributed by atoms with E-state index in [9.17, 15) is 9.90 Å². The van der Waals surface area contributed by atoms with E-state index < -0.39 is 0 Å². The predicted octanol–water partition coefficient (Wildman–Crippen LogP) is 1.85. The Balaban J connectivity index is 1.47. The van der Waals surface area contributed by atoms with Crippen molar-refractivity contribution < 1.29 is 14.6 Å². The lowest BCUT2D eigenvalue weighted by atomic mass is 9.93. The summed E-state index contributed by atoms with van der Waals surface area (Å²) < 4.78 is 5.52. The zero-order chi connectivity index (χ0) is 15.6. The average Bonchev–Trinajstić information content (AvgIpc) is 2.54. The van der Waals surface area contributed by atoms with Crippen molar-refractivity contribution in [2.24, 2.45) is 0 Å². The molecule has 1 aromatic rings. The second-order valence-corrected chi connectivity index (χ2v) is 5.75. The first-order chi connectivity index (χ1) is 10.7. The van der Waals surface area contributed by atoms with Crippen LogP contribution in [0.1, 0.15) is 31.2 Å². The maximum absolute atomic E-state index is 11.7. The van der Waals surface area contributed by atoms with Crippen LogP contribution in [-0.4, -0.2) is 43.0 Å². The van der Waals surface area contributed by atoms with Gasteiger partial charge in [-0.15, -0.1) is 0 Å². The van der Waals surface area contributed by atoms with Gasteiger partial charge in [0.15, 0.2) is 0 Å². The van der Waals surface area contributed by atoms with Gasteiger partial charge in [0.2, 0.25) is 0 Å². The highest BCUT2D eigenvalue weighted by Crippen LogP contribution is 2.17. The van der Waals surface area contributed by atoms with E-state index in [0.717, 1.165) is 32.1 Å². The van der Waals surface area contributed by atoms with Crippen molar-refractivity contribution >= 4 is 6.03 Å². The third-order valence-electron chi connectivity index (χ3n) is 3.94. The molecule has 1 fully saturated rings. The minimum atomic E-state index is -0.195. The Kier molecular flexibility index (Phi) is 7.19. The Hall–Kier alpha value is -1.59. The van der Waals surface area contributed by atoms with Gasteiger partial charge in [-0.1, -0.05) is 30.3 Å². The van der Waals surface area contributed by atoms with Crippen molar-refractivity contribution in [3.63, 3.8) is 0 Å². The maximum atomic E-state index is 11.7. The molecule has 0 aromatic heterocycles. The van der Waals surface area contributed by atoms with E-state index in [1.165, 1.54) is 5.56 Å². The summed E-state index contributed by atoms with van der Waals surface area (Å²) in [6.45, 7) is 1.69. The molecule has 0 atom stereocenters. The third-order valence-corrected chi connectivity index (χ3v) is 3.94. The molecular formula is C17H26N2O3. The van der Waals surface area contributed by atoms with Crippen LogP contribution in [0.15, 0.2) is 30.3 Å². The normalized spacial score (nSPS) is 21.3. The number of amides is 2. The lowest BCUT2D eigenvalue weighted by Crippen LogP contribution is -2.45. The summed E-state index contributed by atoms with van der Waals surface area (Å²) in [5, 5.41) is 15.2. The van der Waals surface area contributed by atoms with Crippen LogP contribution in [-0.2, 0) is 11.2 Å². The number of carbonyl (C=O) groups is 1. The van der Waals surface area contributed by atoms with Gasteiger partial charge < -0.3 is 20.5 Å². The molecule has 122 valence electrons. The Morgan fingerprint density at radius 1 is 1.14 bits per heavy atom. The number of ether oxygens (including phenoxy) is 1. The number of rotatable bonds is 7. The largest absolute Gasteiger partial charge is 0.393 e. The minimum absolute atomic E-state index is 0.145. The lowest BCUT2D eigenvalue weighted by molar-refractivity contribution is 0.117. The van der Waals surface area contributed by atoms with Gasteiger partial charge >= 0.3 is 6.03 Å². The second kappa shape index (κ2) is 9.43. The van der Waals surface area contributed by atoms with Crippen molar-refractivity contribution in [1.29, 1.82) is 0 Å². The molecule has 2 amide bonds. The fourth-order valence-electron chi connectivity index (χ4n) is 2.63. The van der Waals surface area contributed by atoms with Gasteiger partial charge in [0.25, 0.3) is 0 Å². The molecule has 0 saturated heterocycles. The fourth-order valence-corrected chi connectivity index (χ4v) is 2.63. The highest BCUT2D eigenvalue weighted by Gasteiger charge is 2.20. The van der Waals surface area contributed by atoms with Gasteiger partial charge in [0, 0.05) is 12.6 Å². The van der Waals surface area contributed by atoms with Crippen LogP contribution in [0.3, 0.4) is 0 Å². The van der Waals surface area contributed by atoms with Crippen LogP contribution < -0.4 is 10.6 Å². The lowest BCUT2D eigenvalue weighted by Gasteiger charge is -2.26. The van der Waals surface area contributed by atoms with E-state index in [1.54, 1.807) is 0 Å².